The number of rotatable bonds is 3. The summed E-state index contributed by atoms with van der Waals surface area (Å²) in [4.78, 5) is 10.5. The van der Waals surface area contributed by atoms with Crippen molar-refractivity contribution in [2.24, 2.45) is 0 Å². The molecule has 2 nitrogen and oxygen atoms in total. The highest BCUT2D eigenvalue weighted by Crippen LogP contribution is 2.20. The molecule has 0 bridgehead atoms. The predicted molar refractivity (Wildman–Crippen MR) is 57.4 cm³/mol. The molecule has 2 heteroatoms. The minimum absolute atomic E-state index is 0.505. The van der Waals surface area contributed by atoms with Crippen LogP contribution in [0.4, 0.5) is 0 Å². The van der Waals surface area contributed by atoms with E-state index in [4.69, 9.17) is 0 Å². The van der Waals surface area contributed by atoms with Crippen molar-refractivity contribution in [3.8, 4) is 0 Å². The fourth-order valence-electron chi connectivity index (χ4n) is 1.83. The number of hydrogen-bond donors (Lipinski definition) is 0. The average molecular weight is 187 g/mol. The summed E-state index contributed by atoms with van der Waals surface area (Å²) in [7, 11) is 0. The first-order chi connectivity index (χ1) is 6.86. The molecule has 2 rings (SSSR count). The van der Waals surface area contributed by atoms with Gasteiger partial charge in [0.05, 0.1) is 0 Å². The van der Waals surface area contributed by atoms with Gasteiger partial charge in [0, 0.05) is 30.1 Å². The summed E-state index contributed by atoms with van der Waals surface area (Å²) in [5, 5.41) is 1.20. The van der Waals surface area contributed by atoms with Crippen LogP contribution in [0.3, 0.4) is 0 Å². The van der Waals surface area contributed by atoms with Crippen LogP contribution in [-0.2, 0) is 17.8 Å². The van der Waals surface area contributed by atoms with Crippen molar-refractivity contribution in [2.45, 2.75) is 19.9 Å². The molecule has 0 aliphatic carbocycles. The van der Waals surface area contributed by atoms with E-state index in [1.54, 1.807) is 0 Å². The number of carbonyl (C=O) groups is 1. The highest BCUT2D eigenvalue weighted by Gasteiger charge is 2.03. The van der Waals surface area contributed by atoms with Gasteiger partial charge in [-0.25, -0.2) is 0 Å². The molecule has 0 radical (unpaired) electrons. The van der Waals surface area contributed by atoms with Crippen LogP contribution in [0.1, 0.15) is 12.5 Å². The minimum Gasteiger partial charge on any atom is -0.348 e. The number of fused-ring (bicyclic) bond motifs is 1. The zero-order valence-corrected chi connectivity index (χ0v) is 8.23. The summed E-state index contributed by atoms with van der Waals surface area (Å²) < 4.78 is 2.18. The second kappa shape index (κ2) is 3.66. The number of nitrogens with zero attached hydrogens (tertiary/aromatic N) is 1. The Morgan fingerprint density at radius 3 is 2.93 bits per heavy atom. The topological polar surface area (TPSA) is 22.0 Å². The van der Waals surface area contributed by atoms with Crippen LogP contribution in [0.5, 0.6) is 0 Å². The maximum atomic E-state index is 10.5. The fraction of sp³-hybridized carbons (Fsp3) is 0.250. The molecule has 0 unspecified atom stereocenters. The van der Waals surface area contributed by atoms with Crippen molar-refractivity contribution in [1.29, 1.82) is 0 Å². The summed E-state index contributed by atoms with van der Waals surface area (Å²) in [6, 6.07) is 8.19. The third-order valence-electron chi connectivity index (χ3n) is 2.55. The van der Waals surface area contributed by atoms with Crippen LogP contribution >= 0.6 is 0 Å². The summed E-state index contributed by atoms with van der Waals surface area (Å²) in [6.07, 6.45) is 3.53. The van der Waals surface area contributed by atoms with E-state index < -0.39 is 0 Å². The Balaban J connectivity index is 2.63. The van der Waals surface area contributed by atoms with Gasteiger partial charge in [0.15, 0.2) is 0 Å². The Labute approximate surface area is 83.2 Å². The number of aromatic nitrogens is 1. The van der Waals surface area contributed by atoms with E-state index in [1.165, 1.54) is 10.9 Å². The molecule has 0 atom stereocenters. The first-order valence-corrected chi connectivity index (χ1v) is 4.87. The molecule has 1 aromatic heterocycles. The zero-order chi connectivity index (χ0) is 9.97. The highest BCUT2D eigenvalue weighted by atomic mass is 16.1. The van der Waals surface area contributed by atoms with E-state index in [0.717, 1.165) is 18.4 Å². The van der Waals surface area contributed by atoms with Crippen LogP contribution in [0.2, 0.25) is 0 Å². The van der Waals surface area contributed by atoms with Gasteiger partial charge in [-0.15, -0.1) is 0 Å². The molecule has 0 saturated heterocycles. The van der Waals surface area contributed by atoms with Gasteiger partial charge in [0.2, 0.25) is 0 Å². The van der Waals surface area contributed by atoms with Crippen molar-refractivity contribution in [1.82, 2.24) is 4.57 Å². The largest absolute Gasteiger partial charge is 0.348 e. The van der Waals surface area contributed by atoms with Gasteiger partial charge in [-0.1, -0.05) is 12.1 Å². The Hall–Kier alpha value is -1.57. The monoisotopic (exact) mass is 187 g/mol. The highest BCUT2D eigenvalue weighted by molar-refractivity contribution is 5.85. The fourth-order valence-corrected chi connectivity index (χ4v) is 1.83. The van der Waals surface area contributed by atoms with E-state index in [1.807, 2.05) is 12.1 Å². The Bertz CT molecular complexity index is 456. The lowest BCUT2D eigenvalue weighted by Gasteiger charge is -2.02. The molecular weight excluding hydrogens is 174 g/mol. The third kappa shape index (κ3) is 1.33. The zero-order valence-electron chi connectivity index (χ0n) is 8.23. The summed E-state index contributed by atoms with van der Waals surface area (Å²) >= 11 is 0. The van der Waals surface area contributed by atoms with Crippen LogP contribution in [0.25, 0.3) is 10.9 Å². The second-order valence-corrected chi connectivity index (χ2v) is 3.32. The molecule has 72 valence electrons. The molecule has 0 fully saturated rings. The number of carbonyl (C=O) groups excluding carboxylic acids is 1. The van der Waals surface area contributed by atoms with E-state index in [2.05, 4.69) is 29.8 Å². The summed E-state index contributed by atoms with van der Waals surface area (Å²) in [5.74, 6) is 0. The molecule has 0 N–H and O–H groups in total. The van der Waals surface area contributed by atoms with Crippen LogP contribution in [-0.4, -0.2) is 10.9 Å². The SMILES string of the molecule is CCn1ccc2c(CC=O)cccc21. The molecule has 1 aromatic carbocycles. The van der Waals surface area contributed by atoms with Gasteiger partial charge in [-0.05, 0) is 24.6 Å². The first-order valence-electron chi connectivity index (χ1n) is 4.87. The molecule has 0 spiro atoms. The van der Waals surface area contributed by atoms with Gasteiger partial charge in [-0.2, -0.15) is 0 Å². The standard InChI is InChI=1S/C12H13NO/c1-2-13-8-6-11-10(7-9-14)4-3-5-12(11)13/h3-6,8-9H,2,7H2,1H3. The predicted octanol–water partition coefficient (Wildman–Crippen LogP) is 2.40. The maximum Gasteiger partial charge on any atom is 0.124 e. The third-order valence-corrected chi connectivity index (χ3v) is 2.55. The van der Waals surface area contributed by atoms with Crippen LogP contribution in [0.15, 0.2) is 30.5 Å². The Morgan fingerprint density at radius 2 is 2.21 bits per heavy atom. The molecule has 0 saturated carbocycles. The summed E-state index contributed by atoms with van der Waals surface area (Å²) in [6.45, 7) is 3.08. The lowest BCUT2D eigenvalue weighted by Crippen LogP contribution is -1.92. The minimum atomic E-state index is 0.505. The van der Waals surface area contributed by atoms with Crippen molar-refractivity contribution < 1.29 is 4.79 Å². The molecule has 2 aromatic rings. The second-order valence-electron chi connectivity index (χ2n) is 3.32. The van der Waals surface area contributed by atoms with E-state index in [-0.39, 0.29) is 0 Å². The Kier molecular flexibility index (Phi) is 2.35. The van der Waals surface area contributed by atoms with Gasteiger partial charge in [0.25, 0.3) is 0 Å². The quantitative estimate of drug-likeness (QED) is 0.676. The van der Waals surface area contributed by atoms with Gasteiger partial charge in [-0.3, -0.25) is 0 Å². The molecular formula is C12H13NO. The van der Waals surface area contributed by atoms with Crippen molar-refractivity contribution in [2.75, 3.05) is 0 Å². The lowest BCUT2D eigenvalue weighted by atomic mass is 10.1. The number of aryl methyl sites for hydroxylation is 1. The average Bonchev–Trinajstić information content (AvgIpc) is 2.62. The van der Waals surface area contributed by atoms with Crippen LogP contribution < -0.4 is 0 Å². The molecule has 0 aliphatic heterocycles. The van der Waals surface area contributed by atoms with E-state index in [0.29, 0.717) is 6.42 Å². The first kappa shape index (κ1) is 9.00. The smallest absolute Gasteiger partial charge is 0.124 e. The van der Waals surface area contributed by atoms with Crippen molar-refractivity contribution in [3.63, 3.8) is 0 Å². The van der Waals surface area contributed by atoms with E-state index in [9.17, 15) is 4.79 Å². The molecule has 0 aliphatic rings. The number of hydrogen-bond acceptors (Lipinski definition) is 1. The maximum absolute atomic E-state index is 10.5. The number of benzene rings is 1. The van der Waals surface area contributed by atoms with Gasteiger partial charge >= 0.3 is 0 Å². The van der Waals surface area contributed by atoms with Crippen LogP contribution in [0, 0.1) is 0 Å². The summed E-state index contributed by atoms with van der Waals surface area (Å²) in [5.41, 5.74) is 2.33. The molecule has 14 heavy (non-hydrogen) atoms. The molecule has 1 heterocycles. The lowest BCUT2D eigenvalue weighted by molar-refractivity contribution is -0.107. The van der Waals surface area contributed by atoms with Gasteiger partial charge < -0.3 is 9.36 Å². The molecule has 0 amide bonds. The van der Waals surface area contributed by atoms with Crippen molar-refractivity contribution in [3.05, 3.63) is 36.0 Å². The van der Waals surface area contributed by atoms with E-state index >= 15 is 0 Å². The Morgan fingerprint density at radius 1 is 1.36 bits per heavy atom. The van der Waals surface area contributed by atoms with Gasteiger partial charge in [0.1, 0.15) is 6.29 Å². The number of aldehydes is 1. The normalized spacial score (nSPS) is 10.6. The van der Waals surface area contributed by atoms with Crippen molar-refractivity contribution >= 4 is 17.2 Å².